The van der Waals surface area contributed by atoms with Crippen molar-refractivity contribution < 1.29 is 18.8 Å². The molecular weight excluding hydrogens is 573 g/mol. The van der Waals surface area contributed by atoms with E-state index in [1.54, 1.807) is 66.7 Å². The first-order valence-electron chi connectivity index (χ1n) is 13.8. The number of thioether (sulfide) groups is 1. The number of rotatable bonds is 10. The third kappa shape index (κ3) is 8.30. The average molecular weight is 602 g/mol. The minimum atomic E-state index is -0.513. The van der Waals surface area contributed by atoms with Crippen LogP contribution in [0.3, 0.4) is 0 Å². The summed E-state index contributed by atoms with van der Waals surface area (Å²) in [6, 6.07) is 39.2. The number of hydrogen-bond acceptors (Lipinski definition) is 4. The maximum atomic E-state index is 13.9. The Balaban J connectivity index is 1.30. The number of benzene rings is 5. The Morgan fingerprint density at radius 3 is 2.07 bits per heavy atom. The maximum Gasteiger partial charge on any atom is 0.272 e. The molecule has 0 saturated carbocycles. The molecule has 5 aromatic carbocycles. The summed E-state index contributed by atoms with van der Waals surface area (Å²) < 4.78 is 13.9. The Hall–Kier alpha value is -5.47. The zero-order valence-corrected chi connectivity index (χ0v) is 24.3. The molecule has 0 radical (unpaired) electrons. The van der Waals surface area contributed by atoms with Crippen molar-refractivity contribution in [2.24, 2.45) is 0 Å². The van der Waals surface area contributed by atoms with E-state index >= 15 is 0 Å². The smallest absolute Gasteiger partial charge is 0.272 e. The van der Waals surface area contributed by atoms with Crippen molar-refractivity contribution in [2.45, 2.75) is 4.90 Å². The number of para-hydroxylation sites is 1. The Morgan fingerprint density at radius 1 is 0.682 bits per heavy atom. The lowest BCUT2D eigenvalue weighted by Gasteiger charge is -2.12. The molecule has 0 aliphatic heterocycles. The molecule has 3 N–H and O–H groups in total. The van der Waals surface area contributed by atoms with E-state index in [9.17, 15) is 18.8 Å². The molecule has 0 aliphatic rings. The maximum absolute atomic E-state index is 13.9. The normalized spacial score (nSPS) is 11.0. The van der Waals surface area contributed by atoms with Gasteiger partial charge in [-0.05, 0) is 65.2 Å². The van der Waals surface area contributed by atoms with Crippen LogP contribution in [0.15, 0.2) is 144 Å². The van der Waals surface area contributed by atoms with E-state index in [2.05, 4.69) is 16.0 Å². The monoisotopic (exact) mass is 601 g/mol. The summed E-state index contributed by atoms with van der Waals surface area (Å²) in [7, 11) is 0. The molecule has 0 saturated heterocycles. The third-order valence-electron chi connectivity index (χ3n) is 6.47. The van der Waals surface area contributed by atoms with E-state index in [1.807, 2.05) is 60.7 Å². The Bertz CT molecular complexity index is 1790. The zero-order valence-electron chi connectivity index (χ0n) is 23.5. The van der Waals surface area contributed by atoms with Gasteiger partial charge in [-0.2, -0.15) is 0 Å². The van der Waals surface area contributed by atoms with Crippen LogP contribution in [0.25, 0.3) is 17.2 Å². The Morgan fingerprint density at radius 2 is 1.34 bits per heavy atom. The standard InChI is InChI=1S/C36H28FN3O3S/c37-31-16-7-8-17-32(31)39-34(41)24-44-30-15-9-14-29(23-30)38-36(43)33(40-35(42)28-12-5-2-6-13-28)22-25-18-20-27(21-19-25)26-10-3-1-4-11-26/h1-23H,24H2,(H,38,43)(H,39,41)(H,40,42)/b33-22+. The van der Waals surface area contributed by atoms with Gasteiger partial charge in [-0.25, -0.2) is 4.39 Å². The van der Waals surface area contributed by atoms with Crippen LogP contribution in [0.2, 0.25) is 0 Å². The molecule has 3 amide bonds. The Labute approximate surface area is 259 Å². The minimum absolute atomic E-state index is 0.0446. The first kappa shape index (κ1) is 30.0. The predicted octanol–water partition coefficient (Wildman–Crippen LogP) is 7.63. The molecule has 0 atom stereocenters. The number of nitrogens with one attached hydrogen (secondary N) is 3. The molecule has 5 rings (SSSR count). The van der Waals surface area contributed by atoms with Crippen molar-refractivity contribution >= 4 is 46.9 Å². The zero-order chi connectivity index (χ0) is 30.7. The second-order valence-corrected chi connectivity index (χ2v) is 10.7. The molecule has 8 heteroatoms. The molecule has 5 aromatic rings. The van der Waals surface area contributed by atoms with Gasteiger partial charge in [0, 0.05) is 16.1 Å². The van der Waals surface area contributed by atoms with Crippen LogP contribution in [0.1, 0.15) is 15.9 Å². The highest BCUT2D eigenvalue weighted by molar-refractivity contribution is 8.00. The van der Waals surface area contributed by atoms with Crippen molar-refractivity contribution in [2.75, 3.05) is 16.4 Å². The van der Waals surface area contributed by atoms with Gasteiger partial charge < -0.3 is 16.0 Å². The number of amides is 3. The first-order valence-corrected chi connectivity index (χ1v) is 14.8. The fraction of sp³-hybridized carbons (Fsp3) is 0.0278. The van der Waals surface area contributed by atoms with Crippen LogP contribution < -0.4 is 16.0 Å². The highest BCUT2D eigenvalue weighted by atomic mass is 32.2. The summed E-state index contributed by atoms with van der Waals surface area (Å²) in [5.74, 6) is -1.75. The van der Waals surface area contributed by atoms with E-state index in [1.165, 1.54) is 23.9 Å². The van der Waals surface area contributed by atoms with Gasteiger partial charge >= 0.3 is 0 Å². The fourth-order valence-electron chi connectivity index (χ4n) is 4.27. The minimum Gasteiger partial charge on any atom is -0.323 e. The number of anilines is 2. The van der Waals surface area contributed by atoms with E-state index in [4.69, 9.17) is 0 Å². The molecule has 6 nitrogen and oxygen atoms in total. The van der Waals surface area contributed by atoms with Gasteiger partial charge in [-0.1, -0.05) is 91.0 Å². The van der Waals surface area contributed by atoms with Gasteiger partial charge in [0.2, 0.25) is 5.91 Å². The van der Waals surface area contributed by atoms with Gasteiger partial charge in [0.1, 0.15) is 11.5 Å². The summed E-state index contributed by atoms with van der Waals surface area (Å²) >= 11 is 1.24. The average Bonchev–Trinajstić information content (AvgIpc) is 3.06. The second kappa shape index (κ2) is 14.6. The molecule has 0 spiro atoms. The van der Waals surface area contributed by atoms with Crippen LogP contribution in [0.4, 0.5) is 15.8 Å². The van der Waals surface area contributed by atoms with Crippen molar-refractivity contribution in [1.29, 1.82) is 0 Å². The lowest BCUT2D eigenvalue weighted by Crippen LogP contribution is -2.30. The molecule has 0 aliphatic carbocycles. The summed E-state index contributed by atoms with van der Waals surface area (Å²) in [6.07, 6.45) is 1.62. The highest BCUT2D eigenvalue weighted by Crippen LogP contribution is 2.24. The van der Waals surface area contributed by atoms with E-state index in [-0.39, 0.29) is 23.0 Å². The topological polar surface area (TPSA) is 87.3 Å². The van der Waals surface area contributed by atoms with Crippen LogP contribution >= 0.6 is 11.8 Å². The Kier molecular flexibility index (Phi) is 9.97. The molecule has 218 valence electrons. The molecule has 0 aromatic heterocycles. The van der Waals surface area contributed by atoms with Crippen molar-refractivity contribution in [3.05, 3.63) is 156 Å². The van der Waals surface area contributed by atoms with Crippen LogP contribution in [0.5, 0.6) is 0 Å². The van der Waals surface area contributed by atoms with Gasteiger partial charge in [0.25, 0.3) is 11.8 Å². The lowest BCUT2D eigenvalue weighted by atomic mass is 10.0. The summed E-state index contributed by atoms with van der Waals surface area (Å²) in [5.41, 5.74) is 3.90. The van der Waals surface area contributed by atoms with E-state index in [0.717, 1.165) is 21.6 Å². The number of hydrogen-bond donors (Lipinski definition) is 3. The largest absolute Gasteiger partial charge is 0.323 e. The van der Waals surface area contributed by atoms with Crippen LogP contribution in [-0.2, 0) is 9.59 Å². The lowest BCUT2D eigenvalue weighted by molar-refractivity contribution is -0.114. The van der Waals surface area contributed by atoms with Crippen molar-refractivity contribution in [3.8, 4) is 11.1 Å². The van der Waals surface area contributed by atoms with E-state index in [0.29, 0.717) is 11.3 Å². The van der Waals surface area contributed by atoms with Crippen molar-refractivity contribution in [3.63, 3.8) is 0 Å². The number of halogens is 1. The molecule has 0 bridgehead atoms. The molecular formula is C36H28FN3O3S. The van der Waals surface area contributed by atoms with Gasteiger partial charge in [0.05, 0.1) is 11.4 Å². The second-order valence-electron chi connectivity index (χ2n) is 9.66. The van der Waals surface area contributed by atoms with E-state index < -0.39 is 17.6 Å². The quantitative estimate of drug-likeness (QED) is 0.113. The molecule has 0 fully saturated rings. The van der Waals surface area contributed by atoms with Gasteiger partial charge in [-0.3, -0.25) is 14.4 Å². The van der Waals surface area contributed by atoms with Crippen LogP contribution in [0, 0.1) is 5.82 Å². The number of carbonyl (C=O) groups excluding carboxylic acids is 3. The fourth-order valence-corrected chi connectivity index (χ4v) is 5.03. The first-order chi connectivity index (χ1) is 21.4. The highest BCUT2D eigenvalue weighted by Gasteiger charge is 2.16. The summed E-state index contributed by atoms with van der Waals surface area (Å²) in [5, 5.41) is 8.16. The summed E-state index contributed by atoms with van der Waals surface area (Å²) in [4.78, 5) is 39.6. The molecule has 0 heterocycles. The van der Waals surface area contributed by atoms with Gasteiger partial charge in [0.15, 0.2) is 0 Å². The SMILES string of the molecule is O=C(CSc1cccc(NC(=O)/C(=C\c2ccc(-c3ccccc3)cc2)NC(=O)c2ccccc2)c1)Nc1ccccc1F. The predicted molar refractivity (Wildman–Crippen MR) is 175 cm³/mol. The molecule has 44 heavy (non-hydrogen) atoms. The van der Waals surface area contributed by atoms with Crippen LogP contribution in [-0.4, -0.2) is 23.5 Å². The number of carbonyl (C=O) groups is 3. The van der Waals surface area contributed by atoms with Gasteiger partial charge in [-0.15, -0.1) is 11.8 Å². The van der Waals surface area contributed by atoms with Crippen molar-refractivity contribution in [1.82, 2.24) is 5.32 Å². The molecule has 0 unspecified atom stereocenters. The summed E-state index contributed by atoms with van der Waals surface area (Å²) in [6.45, 7) is 0. The third-order valence-corrected chi connectivity index (χ3v) is 7.46.